The maximum absolute atomic E-state index is 11.8. The summed E-state index contributed by atoms with van der Waals surface area (Å²) in [6.45, 7) is 2.00. The van der Waals surface area contributed by atoms with Crippen molar-refractivity contribution in [3.05, 3.63) is 29.8 Å². The van der Waals surface area contributed by atoms with Crippen molar-refractivity contribution in [2.24, 2.45) is 0 Å². The Bertz CT molecular complexity index is 517. The molecular weight excluding hydrogens is 343 g/mol. The minimum absolute atomic E-state index is 0.636. The second-order valence-corrected chi connectivity index (χ2v) is 8.68. The molecule has 0 fully saturated rings. The molecule has 0 aliphatic rings. The first-order chi connectivity index (χ1) is 8.87. The zero-order chi connectivity index (χ0) is 17.2. The van der Waals surface area contributed by atoms with E-state index in [1.54, 1.807) is 24.7 Å². The molecule has 1 aromatic carbocycles. The van der Waals surface area contributed by atoms with Crippen molar-refractivity contribution >= 4 is 18.2 Å². The van der Waals surface area contributed by atoms with Gasteiger partial charge in [0.25, 0.3) is 0 Å². The molecule has 0 saturated carbocycles. The van der Waals surface area contributed by atoms with Crippen LogP contribution < -0.4 is 4.18 Å². The Hall–Kier alpha value is -0.860. The second kappa shape index (κ2) is 5.40. The van der Waals surface area contributed by atoms with Crippen LogP contribution in [0.15, 0.2) is 24.3 Å². The van der Waals surface area contributed by atoms with Crippen molar-refractivity contribution in [1.29, 1.82) is 0 Å². The van der Waals surface area contributed by atoms with E-state index in [-0.39, 0.29) is 0 Å². The Morgan fingerprint density at radius 2 is 1.33 bits per heavy atom. The first-order valence-electron chi connectivity index (χ1n) is 5.36. The van der Waals surface area contributed by atoms with E-state index in [9.17, 15) is 29.4 Å². The van der Waals surface area contributed by atoms with Gasteiger partial charge in [0, 0.05) is 14.1 Å². The summed E-state index contributed by atoms with van der Waals surface area (Å²) >= 11 is 0. The van der Waals surface area contributed by atoms with Gasteiger partial charge in [0.15, 0.2) is 12.0 Å². The van der Waals surface area contributed by atoms with Crippen LogP contribution in [0.1, 0.15) is 5.56 Å². The molecule has 0 bridgehead atoms. The van der Waals surface area contributed by atoms with E-state index in [1.807, 2.05) is 31.2 Å². The number of benzene rings is 1. The molecule has 11 heteroatoms. The zero-order valence-corrected chi connectivity index (χ0v) is 13.4. The molecule has 1 aromatic rings. The first kappa shape index (κ1) is 20.1. The average molecular weight is 359 g/mol. The molecule has 126 valence electrons. The van der Waals surface area contributed by atoms with Gasteiger partial charge in [-0.15, -0.1) is 0 Å². The van der Waals surface area contributed by atoms with Crippen LogP contribution in [0, 0.1) is 6.92 Å². The molecule has 0 heterocycles. The van der Waals surface area contributed by atoms with Crippen LogP contribution in [0.5, 0.6) is 5.75 Å². The molecule has 0 radical (unpaired) electrons. The number of hydrogen-bond acceptors (Lipinski definition) is 2. The molecule has 0 saturated heterocycles. The summed E-state index contributed by atoms with van der Waals surface area (Å²) < 4.78 is 78.0. The minimum atomic E-state index is -10.7. The monoisotopic (exact) mass is 359 g/mol. The molecule has 0 aromatic heterocycles. The van der Waals surface area contributed by atoms with Crippen LogP contribution in [0.4, 0.5) is 25.2 Å². The van der Waals surface area contributed by atoms with Crippen LogP contribution in [0.2, 0.25) is 0 Å². The summed E-state index contributed by atoms with van der Waals surface area (Å²) in [7, 11) is -9.57. The van der Waals surface area contributed by atoms with Crippen molar-refractivity contribution in [1.82, 2.24) is 4.31 Å². The molecular formula is C10H16F6NO2PS. The fourth-order valence-corrected chi connectivity index (χ4v) is 1.46. The Morgan fingerprint density at radius 1 is 1.00 bits per heavy atom. The average Bonchev–Trinajstić information content (AvgIpc) is 2.16. The van der Waals surface area contributed by atoms with Gasteiger partial charge in [-0.1, -0.05) is 22.0 Å². The van der Waals surface area contributed by atoms with Gasteiger partial charge in [-0.3, -0.25) is 4.18 Å². The number of nitrogens with zero attached hydrogens (tertiary/aromatic N) is 1. The predicted molar refractivity (Wildman–Crippen MR) is 73.0 cm³/mol. The molecule has 0 amide bonds. The normalized spacial score (nSPS) is 17.9. The Morgan fingerprint density at radius 3 is 1.62 bits per heavy atom. The third-order valence-electron chi connectivity index (χ3n) is 1.94. The van der Waals surface area contributed by atoms with Gasteiger partial charge < -0.3 is 0 Å². The molecule has 21 heavy (non-hydrogen) atoms. The van der Waals surface area contributed by atoms with Crippen LogP contribution in [0.3, 0.4) is 0 Å². The van der Waals surface area contributed by atoms with Crippen LogP contribution in [0.25, 0.3) is 0 Å². The maximum atomic E-state index is 11.8. The molecule has 0 aliphatic carbocycles. The van der Waals surface area contributed by atoms with Crippen molar-refractivity contribution < 1.29 is 33.6 Å². The third kappa shape index (κ3) is 13.9. The molecule has 0 aliphatic heterocycles. The van der Waals surface area contributed by atoms with E-state index in [4.69, 9.17) is 4.18 Å². The quantitative estimate of drug-likeness (QED) is 0.418. The number of halogens is 6. The summed E-state index contributed by atoms with van der Waals surface area (Å²) in [4.78, 5) is 0. The Kier molecular flexibility index (Phi) is 5.18. The topological polar surface area (TPSA) is 29.5 Å². The van der Waals surface area contributed by atoms with E-state index in [0.717, 1.165) is 5.56 Å². The molecule has 1 atom stereocenters. The summed E-state index contributed by atoms with van der Waals surface area (Å²) in [6.07, 6.45) is 1.58. The number of hydrogen-bond donors (Lipinski definition) is 0. The second-order valence-electron chi connectivity index (χ2n) is 4.40. The summed E-state index contributed by atoms with van der Waals surface area (Å²) in [5.41, 5.74) is 1.16. The molecule has 0 N–H and O–H groups in total. The van der Waals surface area contributed by atoms with Crippen molar-refractivity contribution in [2.45, 2.75) is 6.92 Å². The van der Waals surface area contributed by atoms with E-state index >= 15 is 0 Å². The van der Waals surface area contributed by atoms with Gasteiger partial charge in [-0.2, -0.15) is 0 Å². The summed E-state index contributed by atoms with van der Waals surface area (Å²) in [5.74, 6) is 0.636. The molecule has 3 nitrogen and oxygen atoms in total. The SMILES string of the molecule is Cc1ccc(O[S+](C)(=O)N(C)C)cc1.F[P-](F)(F)(F)(F)F. The van der Waals surface area contributed by atoms with Gasteiger partial charge in [0.2, 0.25) is 0 Å². The van der Waals surface area contributed by atoms with Crippen LogP contribution in [-0.4, -0.2) is 24.7 Å². The van der Waals surface area contributed by atoms with Gasteiger partial charge in [-0.25, -0.2) is 0 Å². The van der Waals surface area contributed by atoms with Crippen LogP contribution >= 0.6 is 7.81 Å². The Balaban J connectivity index is 0.000000486. The summed E-state index contributed by atoms with van der Waals surface area (Å²) in [6, 6.07) is 7.50. The van der Waals surface area contributed by atoms with Gasteiger partial charge >= 0.3 is 43.4 Å². The van der Waals surface area contributed by atoms with E-state index < -0.39 is 18.2 Å². The zero-order valence-electron chi connectivity index (χ0n) is 11.7. The molecule has 1 unspecified atom stereocenters. The van der Waals surface area contributed by atoms with Gasteiger partial charge in [0.05, 0.1) is 0 Å². The van der Waals surface area contributed by atoms with Crippen molar-refractivity contribution in [3.63, 3.8) is 0 Å². The summed E-state index contributed by atoms with van der Waals surface area (Å²) in [5, 5.41) is 0. The first-order valence-corrected chi connectivity index (χ1v) is 9.23. The van der Waals surface area contributed by atoms with Gasteiger partial charge in [0.1, 0.15) is 0 Å². The predicted octanol–water partition coefficient (Wildman–Crippen LogP) is 5.28. The number of rotatable bonds is 3. The fourth-order valence-electron chi connectivity index (χ4n) is 0.847. The van der Waals surface area contributed by atoms with Crippen molar-refractivity contribution in [2.75, 3.05) is 20.4 Å². The Labute approximate surface area is 119 Å². The molecule has 1 rings (SSSR count). The standard InChI is InChI=1S/C10H16NO2S.F6P/c1-9-5-7-10(8-6-9)13-14(4,12)11(2)3;1-7(2,3,4,5)6/h5-8H,1-4H3;/q+1;-1. The van der Waals surface area contributed by atoms with E-state index in [1.165, 1.54) is 0 Å². The fraction of sp³-hybridized carbons (Fsp3) is 0.400. The molecule has 0 spiro atoms. The van der Waals surface area contributed by atoms with Crippen LogP contribution in [-0.2, 0) is 14.6 Å². The third-order valence-corrected chi connectivity index (χ3v) is 3.76. The van der Waals surface area contributed by atoms with Gasteiger partial charge in [-0.05, 0) is 23.3 Å². The number of aryl methyl sites for hydroxylation is 1. The van der Waals surface area contributed by atoms with Crippen molar-refractivity contribution in [3.8, 4) is 5.75 Å². The van der Waals surface area contributed by atoms with E-state index in [0.29, 0.717) is 5.75 Å². The van der Waals surface area contributed by atoms with E-state index in [2.05, 4.69) is 0 Å².